The highest BCUT2D eigenvalue weighted by Gasteiger charge is 2.41. The van der Waals surface area contributed by atoms with Crippen molar-refractivity contribution in [2.75, 3.05) is 40.1 Å². The predicted molar refractivity (Wildman–Crippen MR) is 120 cm³/mol. The lowest BCUT2D eigenvalue weighted by Crippen LogP contribution is -2.37. The standard InChI is InChI=1S/C20H21Cl4FN2O5/c1-30-18(28)16-13(8-25)27-14(9-31-7-6-26)17(19(29)32-10-20(22,23)24)15(16)11-4-2-3-5-12(11)21/h2-5,15,27H,6-10,26H2,1H3. The maximum Gasteiger partial charge on any atom is 0.337 e. The first-order valence-electron chi connectivity index (χ1n) is 9.28. The Hall–Kier alpha value is -1.55. The van der Waals surface area contributed by atoms with E-state index in [9.17, 15) is 14.0 Å². The van der Waals surface area contributed by atoms with Gasteiger partial charge in [-0.15, -0.1) is 0 Å². The summed E-state index contributed by atoms with van der Waals surface area (Å²) in [5.74, 6) is -2.91. The Morgan fingerprint density at radius 2 is 1.81 bits per heavy atom. The lowest BCUT2D eigenvalue weighted by Gasteiger charge is -2.32. The van der Waals surface area contributed by atoms with Gasteiger partial charge in [0.1, 0.15) is 13.3 Å². The van der Waals surface area contributed by atoms with Crippen molar-refractivity contribution in [1.82, 2.24) is 5.32 Å². The summed E-state index contributed by atoms with van der Waals surface area (Å²) < 4.78 is 27.6. The molecule has 0 spiro atoms. The summed E-state index contributed by atoms with van der Waals surface area (Å²) in [5.41, 5.74) is 5.64. The van der Waals surface area contributed by atoms with E-state index < -0.39 is 34.9 Å². The van der Waals surface area contributed by atoms with Crippen molar-refractivity contribution in [2.24, 2.45) is 5.73 Å². The van der Waals surface area contributed by atoms with E-state index in [1.54, 1.807) is 24.3 Å². The second kappa shape index (κ2) is 12.1. The number of alkyl halides is 4. The van der Waals surface area contributed by atoms with E-state index in [2.05, 4.69) is 5.32 Å². The zero-order chi connectivity index (χ0) is 23.9. The summed E-state index contributed by atoms with van der Waals surface area (Å²) in [6.07, 6.45) is 0. The molecule has 0 radical (unpaired) electrons. The number of benzene rings is 1. The first-order chi connectivity index (χ1) is 15.1. The fourth-order valence-corrected chi connectivity index (χ4v) is 3.53. The number of ether oxygens (including phenoxy) is 3. The quantitative estimate of drug-likeness (QED) is 0.286. The molecule has 1 aliphatic heterocycles. The van der Waals surface area contributed by atoms with Crippen molar-refractivity contribution in [3.05, 3.63) is 57.4 Å². The Bertz CT molecular complexity index is 917. The third-order valence-electron chi connectivity index (χ3n) is 4.38. The lowest BCUT2D eigenvalue weighted by atomic mass is 9.80. The first kappa shape index (κ1) is 26.7. The molecule has 0 bridgehead atoms. The van der Waals surface area contributed by atoms with Gasteiger partial charge in [-0.05, 0) is 11.6 Å². The largest absolute Gasteiger partial charge is 0.466 e. The number of hydrogen-bond acceptors (Lipinski definition) is 7. The molecule has 1 heterocycles. The molecule has 1 aliphatic rings. The smallest absolute Gasteiger partial charge is 0.337 e. The molecule has 1 unspecified atom stereocenters. The van der Waals surface area contributed by atoms with Crippen LogP contribution in [0.15, 0.2) is 46.8 Å². The summed E-state index contributed by atoms with van der Waals surface area (Å²) in [4.78, 5) is 25.8. The topological polar surface area (TPSA) is 99.9 Å². The van der Waals surface area contributed by atoms with Gasteiger partial charge in [-0.2, -0.15) is 0 Å². The molecule has 1 atom stereocenters. The number of rotatable bonds is 9. The van der Waals surface area contributed by atoms with Gasteiger partial charge in [-0.1, -0.05) is 64.6 Å². The number of nitrogens with one attached hydrogen (secondary N) is 1. The summed E-state index contributed by atoms with van der Waals surface area (Å²) in [6, 6.07) is 6.48. The molecule has 0 fully saturated rings. The third-order valence-corrected chi connectivity index (χ3v) is 5.05. The second-order valence-corrected chi connectivity index (χ2v) is 9.45. The third kappa shape index (κ3) is 6.73. The Labute approximate surface area is 204 Å². The minimum Gasteiger partial charge on any atom is -0.466 e. The molecule has 32 heavy (non-hydrogen) atoms. The SMILES string of the molecule is COC(=O)C1=C(CF)NC(COCCN)=C(C(=O)OCC(Cl)(Cl)Cl)C1c1ccccc1Cl. The van der Waals surface area contributed by atoms with Crippen molar-refractivity contribution in [2.45, 2.75) is 9.71 Å². The Morgan fingerprint density at radius 1 is 1.16 bits per heavy atom. The number of dihydropyridines is 1. The van der Waals surface area contributed by atoms with E-state index in [1.165, 1.54) is 0 Å². The Balaban J connectivity index is 2.69. The number of methoxy groups -OCH3 is 1. The molecule has 0 aliphatic carbocycles. The van der Waals surface area contributed by atoms with Crippen LogP contribution < -0.4 is 11.1 Å². The number of halogens is 5. The molecule has 7 nitrogen and oxygen atoms in total. The molecule has 3 N–H and O–H groups in total. The molecule has 0 saturated carbocycles. The fourth-order valence-electron chi connectivity index (χ4n) is 3.12. The van der Waals surface area contributed by atoms with Crippen LogP contribution >= 0.6 is 46.4 Å². The van der Waals surface area contributed by atoms with Crippen LogP contribution in [0.5, 0.6) is 0 Å². The van der Waals surface area contributed by atoms with Crippen LogP contribution in [-0.4, -0.2) is 55.9 Å². The molecule has 176 valence electrons. The highest BCUT2D eigenvalue weighted by Crippen LogP contribution is 2.42. The van der Waals surface area contributed by atoms with E-state index in [0.29, 0.717) is 5.56 Å². The normalized spacial score (nSPS) is 16.7. The monoisotopic (exact) mass is 528 g/mol. The first-order valence-corrected chi connectivity index (χ1v) is 10.8. The molecule has 1 aromatic rings. The second-order valence-electron chi connectivity index (χ2n) is 6.52. The van der Waals surface area contributed by atoms with Gasteiger partial charge < -0.3 is 25.3 Å². The predicted octanol–water partition coefficient (Wildman–Crippen LogP) is 3.57. The van der Waals surface area contributed by atoms with E-state index in [-0.39, 0.29) is 47.3 Å². The van der Waals surface area contributed by atoms with Crippen molar-refractivity contribution < 1.29 is 28.2 Å². The highest BCUT2D eigenvalue weighted by atomic mass is 35.6. The van der Waals surface area contributed by atoms with Gasteiger partial charge in [0.05, 0.1) is 48.8 Å². The molecule has 12 heteroatoms. The number of carbonyl (C=O) groups is 2. The van der Waals surface area contributed by atoms with Crippen molar-refractivity contribution in [3.8, 4) is 0 Å². The van der Waals surface area contributed by atoms with Crippen LogP contribution in [0.3, 0.4) is 0 Å². The van der Waals surface area contributed by atoms with Crippen molar-refractivity contribution in [3.63, 3.8) is 0 Å². The molecular weight excluding hydrogens is 509 g/mol. The Kier molecular flexibility index (Phi) is 10.1. The van der Waals surface area contributed by atoms with Crippen molar-refractivity contribution in [1.29, 1.82) is 0 Å². The number of esters is 2. The number of carbonyl (C=O) groups excluding carboxylic acids is 2. The van der Waals surface area contributed by atoms with Gasteiger partial charge in [0.15, 0.2) is 0 Å². The van der Waals surface area contributed by atoms with Crippen molar-refractivity contribution >= 4 is 58.3 Å². The van der Waals surface area contributed by atoms with E-state index in [0.717, 1.165) is 7.11 Å². The van der Waals surface area contributed by atoms with Gasteiger partial charge >= 0.3 is 11.9 Å². The van der Waals surface area contributed by atoms with Gasteiger partial charge in [0, 0.05) is 11.6 Å². The van der Waals surface area contributed by atoms with E-state index >= 15 is 0 Å². The number of allylic oxidation sites excluding steroid dienone is 1. The van der Waals surface area contributed by atoms with Gasteiger partial charge in [-0.3, -0.25) is 0 Å². The van der Waals surface area contributed by atoms with Crippen LogP contribution in [-0.2, 0) is 23.8 Å². The molecule has 2 rings (SSSR count). The molecule has 0 saturated heterocycles. The van der Waals surface area contributed by atoms with Crippen LogP contribution in [0.2, 0.25) is 5.02 Å². The summed E-state index contributed by atoms with van der Waals surface area (Å²) in [5, 5.41) is 2.98. The molecule has 1 aromatic carbocycles. The maximum absolute atomic E-state index is 14.0. The zero-order valence-corrected chi connectivity index (χ0v) is 20.0. The average molecular weight is 530 g/mol. The zero-order valence-electron chi connectivity index (χ0n) is 16.9. The summed E-state index contributed by atoms with van der Waals surface area (Å²) >= 11 is 23.5. The average Bonchev–Trinajstić information content (AvgIpc) is 2.76. The summed E-state index contributed by atoms with van der Waals surface area (Å²) in [6.45, 7) is -1.40. The van der Waals surface area contributed by atoms with Crippen LogP contribution in [0.1, 0.15) is 11.5 Å². The molecular formula is C20H21Cl4FN2O5. The van der Waals surface area contributed by atoms with Gasteiger partial charge in [0.2, 0.25) is 3.79 Å². The fraction of sp³-hybridized carbons (Fsp3) is 0.400. The van der Waals surface area contributed by atoms with E-state index in [1.807, 2.05) is 0 Å². The highest BCUT2D eigenvalue weighted by molar-refractivity contribution is 6.67. The van der Waals surface area contributed by atoms with Crippen LogP contribution in [0.4, 0.5) is 4.39 Å². The van der Waals surface area contributed by atoms with Crippen LogP contribution in [0.25, 0.3) is 0 Å². The minimum atomic E-state index is -1.88. The molecule has 0 amide bonds. The van der Waals surface area contributed by atoms with Gasteiger partial charge in [-0.25, -0.2) is 14.0 Å². The summed E-state index contributed by atoms with van der Waals surface area (Å²) in [7, 11) is 1.14. The molecule has 0 aromatic heterocycles. The van der Waals surface area contributed by atoms with Crippen LogP contribution in [0, 0.1) is 0 Å². The Morgan fingerprint density at radius 3 is 2.38 bits per heavy atom. The maximum atomic E-state index is 14.0. The number of nitrogens with two attached hydrogens (primary N) is 1. The van der Waals surface area contributed by atoms with E-state index in [4.69, 9.17) is 66.3 Å². The van der Waals surface area contributed by atoms with Gasteiger partial charge in [0.25, 0.3) is 0 Å². The lowest BCUT2D eigenvalue weighted by molar-refractivity contribution is -0.139. The minimum absolute atomic E-state index is 0.0676. The number of hydrogen-bond donors (Lipinski definition) is 2.